The normalized spacial score (nSPS) is 15.8. The molecule has 1 N–H and O–H groups in total. The van der Waals surface area contributed by atoms with E-state index in [1.54, 1.807) is 0 Å². The van der Waals surface area contributed by atoms with E-state index in [0.29, 0.717) is 0 Å². The molecule has 0 aliphatic carbocycles. The molecule has 0 bridgehead atoms. The van der Waals surface area contributed by atoms with E-state index in [4.69, 9.17) is 23.2 Å². The molecule has 1 aromatic rings. The van der Waals surface area contributed by atoms with Gasteiger partial charge in [0.2, 0.25) is 0 Å². The average Bonchev–Trinajstić information content (AvgIpc) is 2.81. The van der Waals surface area contributed by atoms with Gasteiger partial charge in [-0.05, 0) is 35.7 Å². The Morgan fingerprint density at radius 3 is 2.94 bits per heavy atom. The minimum Gasteiger partial charge on any atom is -0.308 e. The third-order valence-electron chi connectivity index (χ3n) is 3.12. The van der Waals surface area contributed by atoms with Gasteiger partial charge in [-0.25, -0.2) is 0 Å². The summed E-state index contributed by atoms with van der Waals surface area (Å²) in [7, 11) is 0. The zero-order valence-corrected chi connectivity index (χ0v) is 12.7. The van der Waals surface area contributed by atoms with Gasteiger partial charge in [0.05, 0.1) is 6.04 Å². The molecule has 98 valence electrons. The Bertz CT molecular complexity index is 445. The zero-order valence-electron chi connectivity index (χ0n) is 10.4. The summed E-state index contributed by atoms with van der Waals surface area (Å²) in [5, 5.41) is 3.28. The highest BCUT2D eigenvalue weighted by Gasteiger charge is 2.21. The van der Waals surface area contributed by atoms with Crippen LogP contribution >= 0.6 is 35.0 Å². The Morgan fingerprint density at radius 2 is 2.28 bits per heavy atom. The highest BCUT2D eigenvalue weighted by Crippen LogP contribution is 2.34. The first-order valence-electron chi connectivity index (χ1n) is 6.10. The average molecular weight is 302 g/mol. The number of alkyl halides is 2. The first-order chi connectivity index (χ1) is 8.63. The molecule has 1 aliphatic rings. The Morgan fingerprint density at radius 1 is 1.50 bits per heavy atom. The van der Waals surface area contributed by atoms with E-state index in [1.165, 1.54) is 16.2 Å². The number of rotatable bonds is 5. The molecular formula is C14H17Cl2NS. The van der Waals surface area contributed by atoms with Gasteiger partial charge >= 0.3 is 0 Å². The first kappa shape index (κ1) is 14.3. The Balaban J connectivity index is 2.22. The fraction of sp³-hybridized carbons (Fsp3) is 0.429. The van der Waals surface area contributed by atoms with Gasteiger partial charge in [0.1, 0.15) is 4.84 Å². The minimum atomic E-state index is -0.488. The molecule has 4 heteroatoms. The summed E-state index contributed by atoms with van der Waals surface area (Å²) < 4.78 is 0. The minimum absolute atomic E-state index is 0.0946. The summed E-state index contributed by atoms with van der Waals surface area (Å²) in [4.78, 5) is 0.878. The quantitative estimate of drug-likeness (QED) is 0.821. The van der Waals surface area contributed by atoms with Gasteiger partial charge < -0.3 is 5.32 Å². The topological polar surface area (TPSA) is 12.0 Å². The van der Waals surface area contributed by atoms with Crippen LogP contribution in [0.5, 0.6) is 0 Å². The zero-order chi connectivity index (χ0) is 13.1. The summed E-state index contributed by atoms with van der Waals surface area (Å²) in [5.41, 5.74) is 3.52. The van der Waals surface area contributed by atoms with Crippen LogP contribution in [0.3, 0.4) is 0 Å². The molecule has 1 heterocycles. The number of likely N-dealkylation sites (N-methyl/N-ethyl adjacent to an activating group) is 1. The van der Waals surface area contributed by atoms with Crippen molar-refractivity contribution >= 4 is 40.5 Å². The van der Waals surface area contributed by atoms with E-state index in [0.717, 1.165) is 24.1 Å². The molecule has 2 rings (SSSR count). The summed E-state index contributed by atoms with van der Waals surface area (Å²) in [5.74, 6) is 1.18. The van der Waals surface area contributed by atoms with Crippen molar-refractivity contribution in [2.24, 2.45) is 0 Å². The van der Waals surface area contributed by atoms with Gasteiger partial charge in [0.25, 0.3) is 0 Å². The van der Waals surface area contributed by atoms with Crippen LogP contribution in [0.1, 0.15) is 18.1 Å². The number of aryl methyl sites for hydroxylation is 1. The summed E-state index contributed by atoms with van der Waals surface area (Å²) in [6.45, 7) is 7.01. The monoisotopic (exact) mass is 301 g/mol. The maximum atomic E-state index is 6.02. The number of fused-ring (bicyclic) bond motifs is 1. The van der Waals surface area contributed by atoms with Gasteiger partial charge in [-0.2, -0.15) is 0 Å². The molecule has 0 amide bonds. The lowest BCUT2D eigenvalue weighted by molar-refractivity contribution is 0.660. The first-order valence-corrected chi connectivity index (χ1v) is 7.95. The number of hydrogen-bond donors (Lipinski definition) is 1. The van der Waals surface area contributed by atoms with Gasteiger partial charge in [-0.1, -0.05) is 25.6 Å². The van der Waals surface area contributed by atoms with Crippen molar-refractivity contribution in [3.8, 4) is 0 Å². The van der Waals surface area contributed by atoms with Crippen LogP contribution in [-0.2, 0) is 6.42 Å². The fourth-order valence-corrected chi connectivity index (χ4v) is 3.72. The van der Waals surface area contributed by atoms with Gasteiger partial charge in [-0.3, -0.25) is 0 Å². The van der Waals surface area contributed by atoms with Crippen molar-refractivity contribution in [1.82, 2.24) is 5.32 Å². The highest BCUT2D eigenvalue weighted by molar-refractivity contribution is 7.99. The van der Waals surface area contributed by atoms with Crippen molar-refractivity contribution in [2.45, 2.75) is 29.1 Å². The van der Waals surface area contributed by atoms with Crippen LogP contribution in [0, 0.1) is 0 Å². The lowest BCUT2D eigenvalue weighted by atomic mass is 9.99. The van der Waals surface area contributed by atoms with Crippen LogP contribution in [-0.4, -0.2) is 23.2 Å². The number of nitrogens with one attached hydrogen (secondary N) is 1. The molecule has 0 saturated heterocycles. The van der Waals surface area contributed by atoms with E-state index in [2.05, 4.69) is 30.1 Å². The molecule has 1 aliphatic heterocycles. The molecule has 0 saturated carbocycles. The molecule has 18 heavy (non-hydrogen) atoms. The second kappa shape index (κ2) is 6.33. The maximum absolute atomic E-state index is 6.02. The van der Waals surface area contributed by atoms with E-state index in [-0.39, 0.29) is 6.04 Å². The predicted octanol–water partition coefficient (Wildman–Crippen LogP) is 4.13. The van der Waals surface area contributed by atoms with Gasteiger partial charge in [-0.15, -0.1) is 35.0 Å². The number of hydrogen-bond acceptors (Lipinski definition) is 2. The Kier molecular flexibility index (Phi) is 5.02. The van der Waals surface area contributed by atoms with Crippen molar-refractivity contribution in [1.29, 1.82) is 0 Å². The largest absolute Gasteiger partial charge is 0.308 e. The molecule has 0 aromatic heterocycles. The van der Waals surface area contributed by atoms with Gasteiger partial charge in [0, 0.05) is 10.6 Å². The van der Waals surface area contributed by atoms with Crippen molar-refractivity contribution in [3.05, 3.63) is 35.9 Å². The van der Waals surface area contributed by atoms with Crippen LogP contribution in [0.15, 0.2) is 29.7 Å². The lowest BCUT2D eigenvalue weighted by Crippen LogP contribution is -2.35. The molecular weight excluding hydrogens is 285 g/mol. The van der Waals surface area contributed by atoms with E-state index < -0.39 is 4.84 Å². The third-order valence-corrected chi connectivity index (χ3v) is 4.72. The predicted molar refractivity (Wildman–Crippen MR) is 82.9 cm³/mol. The van der Waals surface area contributed by atoms with E-state index in [1.807, 2.05) is 18.7 Å². The van der Waals surface area contributed by atoms with E-state index in [9.17, 15) is 0 Å². The molecule has 0 spiro atoms. The lowest BCUT2D eigenvalue weighted by Gasteiger charge is -2.22. The second-order valence-corrected chi connectivity index (χ2v) is 6.62. The van der Waals surface area contributed by atoms with Crippen molar-refractivity contribution < 1.29 is 0 Å². The smallest absolute Gasteiger partial charge is 0.127 e. The number of benzene rings is 1. The SMILES string of the molecule is C=C(c1ccc2c(c1)SCC2)C(NCC)C(Cl)Cl. The molecule has 1 unspecified atom stereocenters. The van der Waals surface area contributed by atoms with Crippen LogP contribution in [0.2, 0.25) is 0 Å². The number of halogens is 2. The van der Waals surface area contributed by atoms with Crippen molar-refractivity contribution in [2.75, 3.05) is 12.3 Å². The Labute approximate surface area is 123 Å². The molecule has 0 fully saturated rings. The molecule has 1 aromatic carbocycles. The van der Waals surface area contributed by atoms with Crippen molar-refractivity contribution in [3.63, 3.8) is 0 Å². The Hall–Kier alpha value is -0.150. The summed E-state index contributed by atoms with van der Waals surface area (Å²) in [6.07, 6.45) is 1.16. The standard InChI is InChI=1S/C14H17Cl2NS/c1-3-17-13(14(15)16)9(2)11-5-4-10-6-7-18-12(10)8-11/h4-5,8,13-14,17H,2-3,6-7H2,1H3. The summed E-state index contributed by atoms with van der Waals surface area (Å²) >= 11 is 13.9. The fourth-order valence-electron chi connectivity index (χ4n) is 2.13. The third kappa shape index (κ3) is 3.05. The molecule has 1 atom stereocenters. The second-order valence-electron chi connectivity index (χ2n) is 4.32. The van der Waals surface area contributed by atoms with Gasteiger partial charge in [0.15, 0.2) is 0 Å². The molecule has 1 nitrogen and oxygen atoms in total. The highest BCUT2D eigenvalue weighted by atomic mass is 35.5. The van der Waals surface area contributed by atoms with E-state index >= 15 is 0 Å². The molecule has 0 radical (unpaired) electrons. The summed E-state index contributed by atoms with van der Waals surface area (Å²) in [6, 6.07) is 6.42. The van der Waals surface area contributed by atoms with Crippen LogP contribution in [0.25, 0.3) is 5.57 Å². The maximum Gasteiger partial charge on any atom is 0.127 e. The number of thioether (sulfide) groups is 1. The van der Waals surface area contributed by atoms with Crippen LogP contribution in [0.4, 0.5) is 0 Å². The van der Waals surface area contributed by atoms with Crippen LogP contribution < -0.4 is 5.32 Å².